The Labute approximate surface area is 66.1 Å². The van der Waals surface area contributed by atoms with Crippen LogP contribution in [0.1, 0.15) is 0 Å². The van der Waals surface area contributed by atoms with Crippen LogP contribution < -0.4 is 0 Å². The van der Waals surface area contributed by atoms with Gasteiger partial charge in [-0.25, -0.2) is 4.79 Å². The van der Waals surface area contributed by atoms with Crippen molar-refractivity contribution < 1.29 is 24.6 Å². The van der Waals surface area contributed by atoms with Crippen molar-refractivity contribution in [3.05, 3.63) is 0 Å². The van der Waals surface area contributed by atoms with E-state index in [0.717, 1.165) is 11.0 Å². The van der Waals surface area contributed by atoms with Crippen molar-refractivity contribution in [2.45, 2.75) is 0 Å². The third-order valence-electron chi connectivity index (χ3n) is 0.771. The normalized spacial score (nSPS) is 9.82. The van der Waals surface area contributed by atoms with E-state index in [0.29, 0.717) is 0 Å². The summed E-state index contributed by atoms with van der Waals surface area (Å²) < 4.78 is 0.844. The van der Waals surface area contributed by atoms with Crippen LogP contribution in [0.5, 0.6) is 0 Å². The van der Waals surface area contributed by atoms with Crippen LogP contribution in [0.2, 0.25) is 0 Å². The first-order chi connectivity index (χ1) is 4.79. The molecule has 0 atom stereocenters. The molecule has 0 fully saturated rings. The Hall–Kier alpha value is -0.810. The van der Waals surface area contributed by atoms with Gasteiger partial charge in [-0.1, -0.05) is 0 Å². The molecule has 0 bridgehead atoms. The van der Waals surface area contributed by atoms with Crippen LogP contribution in [0, 0.1) is 0 Å². The lowest BCUT2D eigenvalue weighted by molar-refractivity contribution is -0.870. The maximum Gasteiger partial charge on any atom is 0.503 e. The van der Waals surface area contributed by atoms with E-state index >= 15 is 0 Å². The number of likely N-dealkylation sites (N-methyl/N-ethyl adjacent to an activating group) is 1. The van der Waals surface area contributed by atoms with Gasteiger partial charge in [0.05, 0.1) is 27.7 Å². The molecule has 0 aliphatic heterocycles. The second-order valence-corrected chi connectivity index (χ2v) is 3.02. The molecule has 3 N–H and O–H groups in total. The smallest absolute Gasteiger partial charge is 0.450 e. The van der Waals surface area contributed by atoms with E-state index in [4.69, 9.17) is 20.1 Å². The van der Waals surface area contributed by atoms with Crippen LogP contribution in [0.4, 0.5) is 4.79 Å². The molecule has 0 aromatic rings. The summed E-state index contributed by atoms with van der Waals surface area (Å²) in [7, 11) is 6.16. The molecule has 0 aromatic carbocycles. The quantitative estimate of drug-likeness (QED) is 0.501. The number of quaternary nitrogens is 1. The van der Waals surface area contributed by atoms with Gasteiger partial charge in [0.2, 0.25) is 0 Å². The van der Waals surface area contributed by atoms with Crippen LogP contribution in [0.15, 0.2) is 0 Å². The number of nitrogens with zero attached hydrogens (tertiary/aromatic N) is 1. The van der Waals surface area contributed by atoms with Crippen molar-refractivity contribution in [2.24, 2.45) is 0 Å². The highest BCUT2D eigenvalue weighted by Crippen LogP contribution is 1.84. The van der Waals surface area contributed by atoms with Gasteiger partial charge in [-0.2, -0.15) is 0 Å². The number of aliphatic hydroxyl groups is 1. The van der Waals surface area contributed by atoms with Gasteiger partial charge >= 0.3 is 6.16 Å². The van der Waals surface area contributed by atoms with Crippen LogP contribution in [-0.4, -0.2) is 60.3 Å². The number of aliphatic hydroxyl groups excluding tert-OH is 1. The number of carboxylic acid groups (broad SMARTS) is 2. The average Bonchev–Trinajstić information content (AvgIpc) is 1.58. The summed E-state index contributed by atoms with van der Waals surface area (Å²) in [5.74, 6) is 0. The van der Waals surface area contributed by atoms with Gasteiger partial charge in [-0.3, -0.25) is 0 Å². The van der Waals surface area contributed by atoms with Crippen molar-refractivity contribution in [1.29, 1.82) is 0 Å². The first kappa shape index (κ1) is 12.8. The highest BCUT2D eigenvalue weighted by atomic mass is 16.6. The summed E-state index contributed by atoms with van der Waals surface area (Å²) >= 11 is 0. The van der Waals surface area contributed by atoms with E-state index in [1.807, 2.05) is 0 Å². The molecule has 0 saturated heterocycles. The predicted octanol–water partition coefficient (Wildman–Crippen LogP) is -0.0927. The average molecular weight is 166 g/mol. The standard InChI is InChI=1S/C5H14NO.CH2O3/c1-6(2,3)4-5-7;2-1(3)4/h7H,4-5H2,1-3H3;(H2,2,3,4)/q+1;. The second kappa shape index (κ2) is 5.94. The van der Waals surface area contributed by atoms with Gasteiger partial charge in [0.15, 0.2) is 0 Å². The number of hydrogen-bond acceptors (Lipinski definition) is 2. The summed E-state index contributed by atoms with van der Waals surface area (Å²) in [4.78, 5) is 8.56. The van der Waals surface area contributed by atoms with Crippen molar-refractivity contribution >= 4 is 6.16 Å². The minimum Gasteiger partial charge on any atom is -0.450 e. The van der Waals surface area contributed by atoms with Gasteiger partial charge in [-0.15, -0.1) is 0 Å². The lowest BCUT2D eigenvalue weighted by Gasteiger charge is -2.21. The molecule has 0 rings (SSSR count). The van der Waals surface area contributed by atoms with E-state index in [1.165, 1.54) is 0 Å². The molecule has 0 aromatic heterocycles. The summed E-state index contributed by atoms with van der Waals surface area (Å²) in [6.07, 6.45) is -1.83. The van der Waals surface area contributed by atoms with Gasteiger partial charge in [-0.05, 0) is 0 Å². The Balaban J connectivity index is 0. The number of hydrogen-bond donors (Lipinski definition) is 3. The van der Waals surface area contributed by atoms with Crippen LogP contribution in [0.3, 0.4) is 0 Å². The zero-order valence-electron chi connectivity index (χ0n) is 7.11. The topological polar surface area (TPSA) is 77.8 Å². The Bertz CT molecular complexity index is 104. The number of rotatable bonds is 2. The predicted molar refractivity (Wildman–Crippen MR) is 40.6 cm³/mol. The number of carbonyl (C=O) groups is 1. The largest absolute Gasteiger partial charge is 0.503 e. The third kappa shape index (κ3) is 46.7. The lowest BCUT2D eigenvalue weighted by atomic mass is 10.5. The summed E-state index contributed by atoms with van der Waals surface area (Å²) in [5, 5.41) is 22.3. The Morgan fingerprint density at radius 2 is 1.55 bits per heavy atom. The molecule has 0 radical (unpaired) electrons. The highest BCUT2D eigenvalue weighted by molar-refractivity contribution is 5.53. The second-order valence-electron chi connectivity index (χ2n) is 3.02. The van der Waals surface area contributed by atoms with Crippen LogP contribution in [-0.2, 0) is 0 Å². The molecule has 68 valence electrons. The molecule has 0 heterocycles. The fourth-order valence-electron chi connectivity index (χ4n) is 0.300. The minimum atomic E-state index is -1.83. The molecule has 0 aliphatic rings. The van der Waals surface area contributed by atoms with Crippen LogP contribution in [0.25, 0.3) is 0 Å². The van der Waals surface area contributed by atoms with Gasteiger partial charge in [0, 0.05) is 0 Å². The van der Waals surface area contributed by atoms with E-state index in [1.54, 1.807) is 0 Å². The summed E-state index contributed by atoms with van der Waals surface area (Å²) in [5.41, 5.74) is 0. The molecule has 11 heavy (non-hydrogen) atoms. The van der Waals surface area contributed by atoms with E-state index in [2.05, 4.69) is 21.1 Å². The zero-order chi connectivity index (χ0) is 9.49. The van der Waals surface area contributed by atoms with Crippen molar-refractivity contribution in [2.75, 3.05) is 34.3 Å². The van der Waals surface area contributed by atoms with Gasteiger partial charge < -0.3 is 19.8 Å². The molecule has 0 unspecified atom stereocenters. The molecule has 0 amide bonds. The molecular formula is C6H16NO4+. The zero-order valence-corrected chi connectivity index (χ0v) is 7.11. The fourth-order valence-corrected chi connectivity index (χ4v) is 0.300. The first-order valence-electron chi connectivity index (χ1n) is 3.13. The Morgan fingerprint density at radius 3 is 1.55 bits per heavy atom. The van der Waals surface area contributed by atoms with E-state index in [9.17, 15) is 0 Å². The lowest BCUT2D eigenvalue weighted by Crippen LogP contribution is -2.36. The Kier molecular flexibility index (Phi) is 6.92. The molecule has 0 spiro atoms. The van der Waals surface area contributed by atoms with Crippen LogP contribution >= 0.6 is 0 Å². The molecule has 5 heteroatoms. The molecule has 5 nitrogen and oxygen atoms in total. The molecular weight excluding hydrogens is 150 g/mol. The molecule has 0 aliphatic carbocycles. The third-order valence-corrected chi connectivity index (χ3v) is 0.771. The maximum atomic E-state index is 8.56. The molecule has 0 saturated carbocycles. The van der Waals surface area contributed by atoms with E-state index < -0.39 is 6.16 Å². The summed E-state index contributed by atoms with van der Waals surface area (Å²) in [6, 6.07) is 0. The first-order valence-corrected chi connectivity index (χ1v) is 3.13. The van der Waals surface area contributed by atoms with Crippen molar-refractivity contribution in [3.63, 3.8) is 0 Å². The van der Waals surface area contributed by atoms with Gasteiger partial charge in [0.25, 0.3) is 0 Å². The van der Waals surface area contributed by atoms with Gasteiger partial charge in [0.1, 0.15) is 6.54 Å². The van der Waals surface area contributed by atoms with E-state index in [-0.39, 0.29) is 6.61 Å². The maximum absolute atomic E-state index is 8.56. The summed E-state index contributed by atoms with van der Waals surface area (Å²) in [6.45, 7) is 1.11. The fraction of sp³-hybridized carbons (Fsp3) is 0.833. The van der Waals surface area contributed by atoms with Crippen molar-refractivity contribution in [1.82, 2.24) is 0 Å². The monoisotopic (exact) mass is 166 g/mol. The SMILES string of the molecule is C[N+](C)(C)CCO.O=C(O)O. The highest BCUT2D eigenvalue weighted by Gasteiger charge is 2.02. The van der Waals surface area contributed by atoms with Crippen molar-refractivity contribution in [3.8, 4) is 0 Å². The Morgan fingerprint density at radius 1 is 1.27 bits per heavy atom. The minimum absolute atomic E-state index is 0.281.